The van der Waals surface area contributed by atoms with Crippen molar-refractivity contribution in [3.63, 3.8) is 0 Å². The Morgan fingerprint density at radius 2 is 2.25 bits per heavy atom. The van der Waals surface area contributed by atoms with Crippen LogP contribution in [0.2, 0.25) is 0 Å². The fourth-order valence-corrected chi connectivity index (χ4v) is 1.70. The van der Waals surface area contributed by atoms with Gasteiger partial charge in [-0.15, -0.1) is 0 Å². The van der Waals surface area contributed by atoms with E-state index in [2.05, 4.69) is 26.1 Å². The molecule has 1 aromatic rings. The zero-order chi connectivity index (χ0) is 12.2. The average molecular weight is 225 g/mol. The van der Waals surface area contributed by atoms with Crippen molar-refractivity contribution in [1.29, 1.82) is 0 Å². The molecule has 4 nitrogen and oxygen atoms in total. The van der Waals surface area contributed by atoms with Gasteiger partial charge in [-0.2, -0.15) is 0 Å². The molecule has 0 spiro atoms. The zero-order valence-corrected chi connectivity index (χ0v) is 10.0. The van der Waals surface area contributed by atoms with Crippen molar-refractivity contribution >= 4 is 5.97 Å². The third-order valence-electron chi connectivity index (χ3n) is 2.58. The first-order chi connectivity index (χ1) is 7.46. The molecule has 1 heterocycles. The lowest BCUT2D eigenvalue weighted by Gasteiger charge is -2.25. The fourth-order valence-electron chi connectivity index (χ4n) is 1.70. The number of hydrogen-bond acceptors (Lipinski definition) is 3. The Bertz CT molecular complexity index is 355. The maximum Gasteiger partial charge on any atom is 0.339 e. The molecule has 2 N–H and O–H groups in total. The van der Waals surface area contributed by atoms with Gasteiger partial charge < -0.3 is 14.8 Å². The quantitative estimate of drug-likeness (QED) is 0.781. The van der Waals surface area contributed by atoms with Crippen LogP contribution in [0.1, 0.15) is 49.7 Å². The lowest BCUT2D eigenvalue weighted by Crippen LogP contribution is -2.38. The van der Waals surface area contributed by atoms with Crippen molar-refractivity contribution in [2.45, 2.75) is 45.7 Å². The van der Waals surface area contributed by atoms with E-state index in [1.165, 1.54) is 12.3 Å². The fraction of sp³-hybridized carbons (Fsp3) is 0.583. The lowest BCUT2D eigenvalue weighted by atomic mass is 9.99. The molecule has 0 aliphatic heterocycles. The molecule has 0 saturated heterocycles. The van der Waals surface area contributed by atoms with E-state index in [0.717, 1.165) is 12.8 Å². The maximum atomic E-state index is 10.8. The molecule has 4 heteroatoms. The van der Waals surface area contributed by atoms with Gasteiger partial charge in [0.15, 0.2) is 0 Å². The van der Waals surface area contributed by atoms with Crippen LogP contribution in [0.4, 0.5) is 0 Å². The Morgan fingerprint density at radius 3 is 2.81 bits per heavy atom. The number of carboxylic acid groups (broad SMARTS) is 1. The summed E-state index contributed by atoms with van der Waals surface area (Å²) < 4.78 is 5.16. The smallest absolute Gasteiger partial charge is 0.339 e. The zero-order valence-electron chi connectivity index (χ0n) is 10.0. The van der Waals surface area contributed by atoms with Gasteiger partial charge in [0.05, 0.1) is 12.8 Å². The second kappa shape index (κ2) is 5.16. The topological polar surface area (TPSA) is 62.5 Å². The van der Waals surface area contributed by atoms with Gasteiger partial charge in [-0.1, -0.05) is 13.3 Å². The molecule has 0 aliphatic carbocycles. The predicted octanol–water partition coefficient (Wildman–Crippen LogP) is 2.65. The molecular weight excluding hydrogens is 206 g/mol. The molecule has 1 rings (SSSR count). The van der Waals surface area contributed by atoms with Crippen LogP contribution >= 0.6 is 0 Å². The summed E-state index contributed by atoms with van der Waals surface area (Å²) in [5.74, 6) is -0.462. The van der Waals surface area contributed by atoms with Crippen molar-refractivity contribution in [1.82, 2.24) is 5.32 Å². The summed E-state index contributed by atoms with van der Waals surface area (Å²) in [5, 5.41) is 12.2. The minimum absolute atomic E-state index is 0.00267. The van der Waals surface area contributed by atoms with E-state index >= 15 is 0 Å². The number of hydrogen-bond donors (Lipinski definition) is 2. The number of nitrogens with one attached hydrogen (secondary N) is 1. The number of furan rings is 1. The van der Waals surface area contributed by atoms with Crippen LogP contribution in [0.3, 0.4) is 0 Å². The molecule has 0 bridgehead atoms. The highest BCUT2D eigenvalue weighted by molar-refractivity contribution is 5.88. The van der Waals surface area contributed by atoms with Gasteiger partial charge in [0, 0.05) is 5.54 Å². The largest absolute Gasteiger partial charge is 0.478 e. The van der Waals surface area contributed by atoms with E-state index in [1.807, 2.05) is 0 Å². The van der Waals surface area contributed by atoms with E-state index in [4.69, 9.17) is 9.52 Å². The van der Waals surface area contributed by atoms with Crippen LogP contribution in [0, 0.1) is 0 Å². The molecule has 16 heavy (non-hydrogen) atoms. The van der Waals surface area contributed by atoms with Gasteiger partial charge in [-0.25, -0.2) is 4.79 Å². The molecule has 0 radical (unpaired) electrons. The number of carboxylic acids is 1. The average Bonchev–Trinajstić information content (AvgIpc) is 2.62. The van der Waals surface area contributed by atoms with Crippen LogP contribution in [-0.4, -0.2) is 16.6 Å². The summed E-state index contributed by atoms with van der Waals surface area (Å²) in [6, 6.07) is 1.48. The van der Waals surface area contributed by atoms with E-state index in [0.29, 0.717) is 12.3 Å². The first kappa shape index (κ1) is 12.8. The first-order valence-corrected chi connectivity index (χ1v) is 5.51. The van der Waals surface area contributed by atoms with Crippen LogP contribution < -0.4 is 5.32 Å². The van der Waals surface area contributed by atoms with Crippen LogP contribution in [0.5, 0.6) is 0 Å². The summed E-state index contributed by atoms with van der Waals surface area (Å²) >= 11 is 0. The highest BCUT2D eigenvalue weighted by Gasteiger charge is 2.19. The van der Waals surface area contributed by atoms with E-state index in [-0.39, 0.29) is 11.1 Å². The highest BCUT2D eigenvalue weighted by atomic mass is 16.4. The van der Waals surface area contributed by atoms with Gasteiger partial charge in [-0.05, 0) is 26.3 Å². The monoisotopic (exact) mass is 225 g/mol. The summed E-state index contributed by atoms with van der Waals surface area (Å²) in [6.07, 6.45) is 3.54. The molecule has 0 unspecified atom stereocenters. The standard InChI is InChI=1S/C12H19NO3/c1-4-6-12(2,3)13-8-10-9(11(14)15)5-7-16-10/h5,7,13H,4,6,8H2,1-3H3,(H,14,15). The predicted molar refractivity (Wildman–Crippen MR) is 61.5 cm³/mol. The Balaban J connectivity index is 2.61. The second-order valence-corrected chi connectivity index (χ2v) is 4.55. The van der Waals surface area contributed by atoms with Crippen molar-refractivity contribution in [2.75, 3.05) is 0 Å². The van der Waals surface area contributed by atoms with Crippen molar-refractivity contribution in [3.8, 4) is 0 Å². The third kappa shape index (κ3) is 3.38. The third-order valence-corrected chi connectivity index (χ3v) is 2.58. The van der Waals surface area contributed by atoms with E-state index in [9.17, 15) is 4.79 Å². The molecule has 0 aliphatic rings. The minimum Gasteiger partial charge on any atom is -0.478 e. The number of rotatable bonds is 6. The molecule has 0 atom stereocenters. The Kier molecular flexibility index (Phi) is 4.12. The van der Waals surface area contributed by atoms with Crippen LogP contribution in [-0.2, 0) is 6.54 Å². The summed E-state index contributed by atoms with van der Waals surface area (Å²) in [5.41, 5.74) is 0.233. The van der Waals surface area contributed by atoms with E-state index in [1.54, 1.807) is 0 Å². The maximum absolute atomic E-state index is 10.8. The van der Waals surface area contributed by atoms with Gasteiger partial charge >= 0.3 is 5.97 Å². The van der Waals surface area contributed by atoms with Crippen molar-refractivity contribution in [3.05, 3.63) is 23.7 Å². The molecule has 1 aromatic heterocycles. The second-order valence-electron chi connectivity index (χ2n) is 4.55. The van der Waals surface area contributed by atoms with Crippen LogP contribution in [0.15, 0.2) is 16.7 Å². The summed E-state index contributed by atoms with van der Waals surface area (Å²) in [7, 11) is 0. The molecule has 0 saturated carbocycles. The first-order valence-electron chi connectivity index (χ1n) is 5.51. The molecule has 0 amide bonds. The summed E-state index contributed by atoms with van der Waals surface area (Å²) in [4.78, 5) is 10.8. The van der Waals surface area contributed by atoms with Crippen molar-refractivity contribution in [2.24, 2.45) is 0 Å². The van der Waals surface area contributed by atoms with E-state index < -0.39 is 5.97 Å². The normalized spacial score (nSPS) is 11.7. The highest BCUT2D eigenvalue weighted by Crippen LogP contribution is 2.15. The lowest BCUT2D eigenvalue weighted by molar-refractivity contribution is 0.0694. The number of aromatic carboxylic acids is 1. The Hall–Kier alpha value is -1.29. The van der Waals surface area contributed by atoms with Crippen molar-refractivity contribution < 1.29 is 14.3 Å². The minimum atomic E-state index is -0.946. The Morgan fingerprint density at radius 1 is 1.56 bits per heavy atom. The van der Waals surface area contributed by atoms with Crippen LogP contribution in [0.25, 0.3) is 0 Å². The number of carbonyl (C=O) groups is 1. The molecule has 90 valence electrons. The van der Waals surface area contributed by atoms with Gasteiger partial charge in [-0.3, -0.25) is 0 Å². The van der Waals surface area contributed by atoms with Gasteiger partial charge in [0.1, 0.15) is 11.3 Å². The Labute approximate surface area is 95.7 Å². The molecule has 0 aromatic carbocycles. The van der Waals surface area contributed by atoms with Gasteiger partial charge in [0.2, 0.25) is 0 Å². The van der Waals surface area contributed by atoms with Gasteiger partial charge in [0.25, 0.3) is 0 Å². The SMILES string of the molecule is CCCC(C)(C)NCc1occc1C(=O)O. The summed E-state index contributed by atoms with van der Waals surface area (Å²) in [6.45, 7) is 6.76. The molecular formula is C12H19NO3. The molecule has 0 fully saturated rings.